The quantitative estimate of drug-likeness (QED) is 0.374. The first-order chi connectivity index (χ1) is 13.8. The van der Waals surface area contributed by atoms with Gasteiger partial charge in [-0.15, -0.1) is 0 Å². The van der Waals surface area contributed by atoms with Crippen LogP contribution in [0.2, 0.25) is 0 Å². The van der Waals surface area contributed by atoms with Crippen molar-refractivity contribution in [1.29, 1.82) is 0 Å². The van der Waals surface area contributed by atoms with E-state index in [2.05, 4.69) is 14.7 Å². The van der Waals surface area contributed by atoms with Crippen molar-refractivity contribution in [2.75, 3.05) is 4.72 Å². The Hall–Kier alpha value is -3.37. The van der Waals surface area contributed by atoms with E-state index < -0.39 is 14.9 Å². The van der Waals surface area contributed by atoms with Crippen LogP contribution < -0.4 is 4.72 Å². The molecule has 2 aromatic heterocycles. The second-order valence-corrected chi connectivity index (χ2v) is 8.90. The standard InChI is InChI=1S/C19H14N4O4S2/c1-12-7-8-13(18-21-16-6-3-9-20-19(16)28-18)10-17(12)22-29(26,27)15-5-2-4-14(11-15)23(24)25/h2-11,22H,1H3. The number of pyridine rings is 1. The number of nitrogens with zero attached hydrogens (tertiary/aromatic N) is 3. The number of hydrogen-bond acceptors (Lipinski definition) is 7. The third kappa shape index (κ3) is 3.80. The maximum atomic E-state index is 12.8. The Balaban J connectivity index is 1.71. The Morgan fingerprint density at radius 3 is 2.69 bits per heavy atom. The van der Waals surface area contributed by atoms with Crippen molar-refractivity contribution in [3.05, 3.63) is 76.5 Å². The highest BCUT2D eigenvalue weighted by Crippen LogP contribution is 2.32. The molecule has 0 saturated heterocycles. The number of nitro groups is 1. The summed E-state index contributed by atoms with van der Waals surface area (Å²) in [5, 5.41) is 11.7. The van der Waals surface area contributed by atoms with E-state index in [-0.39, 0.29) is 10.6 Å². The van der Waals surface area contributed by atoms with E-state index in [0.29, 0.717) is 11.3 Å². The van der Waals surface area contributed by atoms with Crippen molar-refractivity contribution in [2.45, 2.75) is 11.8 Å². The lowest BCUT2D eigenvalue weighted by Crippen LogP contribution is -2.14. The van der Waals surface area contributed by atoms with Gasteiger partial charge in [0.25, 0.3) is 15.7 Å². The van der Waals surface area contributed by atoms with Crippen LogP contribution in [-0.2, 0) is 10.0 Å². The number of hydrogen-bond donors (Lipinski definition) is 1. The third-order valence-corrected chi connectivity index (χ3v) is 6.63. The molecule has 1 N–H and O–H groups in total. The number of fused-ring (bicyclic) bond motifs is 1. The van der Waals surface area contributed by atoms with Gasteiger partial charge in [-0.05, 0) is 36.8 Å². The number of rotatable bonds is 5. The van der Waals surface area contributed by atoms with E-state index >= 15 is 0 Å². The largest absolute Gasteiger partial charge is 0.279 e. The number of aromatic nitrogens is 2. The highest BCUT2D eigenvalue weighted by atomic mass is 32.2. The minimum Gasteiger partial charge on any atom is -0.279 e. The van der Waals surface area contributed by atoms with E-state index in [1.54, 1.807) is 31.3 Å². The molecule has 146 valence electrons. The van der Waals surface area contributed by atoms with Gasteiger partial charge in [-0.3, -0.25) is 14.8 Å². The zero-order valence-electron chi connectivity index (χ0n) is 15.1. The predicted molar refractivity (Wildman–Crippen MR) is 111 cm³/mol. The van der Waals surface area contributed by atoms with Crippen LogP contribution >= 0.6 is 11.3 Å². The Morgan fingerprint density at radius 1 is 1.10 bits per heavy atom. The molecule has 0 spiro atoms. The van der Waals surface area contributed by atoms with Crippen molar-refractivity contribution in [3.8, 4) is 10.6 Å². The van der Waals surface area contributed by atoms with Crippen LogP contribution in [0.5, 0.6) is 0 Å². The molecular formula is C19H14N4O4S2. The van der Waals surface area contributed by atoms with Crippen LogP contribution in [0.4, 0.5) is 11.4 Å². The Morgan fingerprint density at radius 2 is 1.93 bits per heavy atom. The molecular weight excluding hydrogens is 412 g/mol. The number of nitrogens with one attached hydrogen (secondary N) is 1. The molecule has 2 heterocycles. The molecule has 0 bridgehead atoms. The smallest absolute Gasteiger partial charge is 0.270 e. The van der Waals surface area contributed by atoms with Gasteiger partial charge in [-0.25, -0.2) is 18.4 Å². The van der Waals surface area contributed by atoms with E-state index in [9.17, 15) is 18.5 Å². The van der Waals surface area contributed by atoms with Crippen molar-refractivity contribution in [1.82, 2.24) is 9.97 Å². The molecule has 4 aromatic rings. The van der Waals surface area contributed by atoms with E-state index in [4.69, 9.17) is 0 Å². The number of thiazole rings is 1. The fourth-order valence-corrected chi connectivity index (χ4v) is 4.79. The Bertz CT molecular complexity index is 1320. The molecule has 0 aliphatic rings. The lowest BCUT2D eigenvalue weighted by atomic mass is 10.1. The summed E-state index contributed by atoms with van der Waals surface area (Å²) in [7, 11) is -4.00. The number of aryl methyl sites for hydroxylation is 1. The molecule has 4 rings (SSSR count). The highest BCUT2D eigenvalue weighted by molar-refractivity contribution is 7.92. The van der Waals surface area contributed by atoms with Gasteiger partial charge in [0.15, 0.2) is 0 Å². The van der Waals surface area contributed by atoms with Crippen LogP contribution in [-0.4, -0.2) is 23.3 Å². The average molecular weight is 426 g/mol. The third-order valence-electron chi connectivity index (χ3n) is 4.23. The summed E-state index contributed by atoms with van der Waals surface area (Å²) < 4.78 is 28.0. The maximum absolute atomic E-state index is 12.8. The van der Waals surface area contributed by atoms with Gasteiger partial charge in [0.2, 0.25) is 0 Å². The maximum Gasteiger partial charge on any atom is 0.270 e. The Labute approximate surface area is 170 Å². The van der Waals surface area contributed by atoms with Gasteiger partial charge in [-0.1, -0.05) is 29.5 Å². The zero-order valence-corrected chi connectivity index (χ0v) is 16.7. The zero-order chi connectivity index (χ0) is 20.6. The summed E-state index contributed by atoms with van der Waals surface area (Å²) in [4.78, 5) is 19.7. The first kappa shape index (κ1) is 19.0. The van der Waals surface area contributed by atoms with Gasteiger partial charge in [0, 0.05) is 23.9 Å². The molecule has 0 radical (unpaired) electrons. The van der Waals surface area contributed by atoms with Gasteiger partial charge in [-0.2, -0.15) is 0 Å². The molecule has 2 aromatic carbocycles. The predicted octanol–water partition coefficient (Wildman–Crippen LogP) is 4.38. The van der Waals surface area contributed by atoms with Gasteiger partial charge in [0.05, 0.1) is 15.5 Å². The van der Waals surface area contributed by atoms with E-state index in [1.807, 2.05) is 12.1 Å². The second-order valence-electron chi connectivity index (χ2n) is 6.24. The fraction of sp³-hybridized carbons (Fsp3) is 0.0526. The minimum atomic E-state index is -4.00. The van der Waals surface area contributed by atoms with Gasteiger partial charge in [0.1, 0.15) is 15.4 Å². The average Bonchev–Trinajstić information content (AvgIpc) is 3.14. The van der Waals surface area contributed by atoms with Crippen LogP contribution in [0.15, 0.2) is 65.7 Å². The number of sulfonamides is 1. The molecule has 0 unspecified atom stereocenters. The second kappa shape index (κ2) is 7.22. The molecule has 0 aliphatic heterocycles. The molecule has 0 saturated carbocycles. The summed E-state index contributed by atoms with van der Waals surface area (Å²) in [5.74, 6) is 0. The van der Waals surface area contributed by atoms with Crippen molar-refractivity contribution in [2.24, 2.45) is 0 Å². The van der Waals surface area contributed by atoms with E-state index in [1.165, 1.54) is 29.5 Å². The van der Waals surface area contributed by atoms with Crippen LogP contribution in [0.1, 0.15) is 5.56 Å². The monoisotopic (exact) mass is 426 g/mol. The molecule has 10 heteroatoms. The molecule has 0 aliphatic carbocycles. The number of non-ortho nitro benzene ring substituents is 1. The van der Waals surface area contributed by atoms with Crippen molar-refractivity contribution >= 4 is 43.1 Å². The topological polar surface area (TPSA) is 115 Å². The molecule has 0 fully saturated rings. The highest BCUT2D eigenvalue weighted by Gasteiger charge is 2.19. The van der Waals surface area contributed by atoms with Crippen LogP contribution in [0.25, 0.3) is 20.9 Å². The Kier molecular flexibility index (Phi) is 4.73. The number of anilines is 1. The lowest BCUT2D eigenvalue weighted by Gasteiger charge is -2.11. The first-order valence-electron chi connectivity index (χ1n) is 8.43. The van der Waals surface area contributed by atoms with E-state index in [0.717, 1.165) is 27.0 Å². The summed E-state index contributed by atoms with van der Waals surface area (Å²) >= 11 is 1.41. The number of benzene rings is 2. The lowest BCUT2D eigenvalue weighted by molar-refractivity contribution is -0.385. The van der Waals surface area contributed by atoms with Crippen LogP contribution in [0, 0.1) is 17.0 Å². The van der Waals surface area contributed by atoms with Crippen LogP contribution in [0.3, 0.4) is 0 Å². The van der Waals surface area contributed by atoms with Crippen molar-refractivity contribution in [3.63, 3.8) is 0 Å². The number of nitro benzene ring substituents is 1. The SMILES string of the molecule is Cc1ccc(-c2nc3cccnc3s2)cc1NS(=O)(=O)c1cccc([N+](=O)[O-])c1. The molecule has 29 heavy (non-hydrogen) atoms. The summed E-state index contributed by atoms with van der Waals surface area (Å²) in [5.41, 5.74) is 2.31. The van der Waals surface area contributed by atoms with Gasteiger partial charge < -0.3 is 0 Å². The summed E-state index contributed by atoms with van der Waals surface area (Å²) in [6.07, 6.45) is 1.69. The normalized spacial score (nSPS) is 11.5. The summed E-state index contributed by atoms with van der Waals surface area (Å²) in [6.45, 7) is 1.77. The van der Waals surface area contributed by atoms with Gasteiger partial charge >= 0.3 is 0 Å². The first-order valence-corrected chi connectivity index (χ1v) is 10.7. The fourth-order valence-electron chi connectivity index (χ4n) is 2.73. The molecule has 0 amide bonds. The molecule has 8 nitrogen and oxygen atoms in total. The minimum absolute atomic E-state index is 0.180. The summed E-state index contributed by atoms with van der Waals surface area (Å²) in [6, 6.07) is 13.9. The molecule has 0 atom stereocenters. The van der Waals surface area contributed by atoms with Crippen molar-refractivity contribution < 1.29 is 13.3 Å².